The Morgan fingerprint density at radius 2 is 1.77 bits per heavy atom. The maximum Gasteiger partial charge on any atom is 0.127 e. The minimum atomic E-state index is -0.268. The highest BCUT2D eigenvalue weighted by Gasteiger charge is 2.36. The predicted molar refractivity (Wildman–Crippen MR) is 111 cm³/mol. The molecular formula is C24H38O2. The molecule has 146 valence electrons. The minimum Gasteiger partial charge on any atom is -0.507 e. The number of fused-ring (bicyclic) bond motifs is 1. The first-order valence-corrected chi connectivity index (χ1v) is 10.4. The fourth-order valence-electron chi connectivity index (χ4n) is 4.53. The van der Waals surface area contributed by atoms with Gasteiger partial charge in [0.15, 0.2) is 0 Å². The molecule has 0 amide bonds. The second-order valence-corrected chi connectivity index (χ2v) is 8.68. The predicted octanol–water partition coefficient (Wildman–Crippen LogP) is 6.81. The summed E-state index contributed by atoms with van der Waals surface area (Å²) in [6.07, 6.45) is 10.00. The zero-order valence-electron chi connectivity index (χ0n) is 17.7. The molecule has 1 aromatic carbocycles. The molecular weight excluding hydrogens is 320 g/mol. The third kappa shape index (κ3) is 4.27. The summed E-state index contributed by atoms with van der Waals surface area (Å²) in [4.78, 5) is 0. The summed E-state index contributed by atoms with van der Waals surface area (Å²) in [7, 11) is 0. The van der Waals surface area contributed by atoms with Crippen molar-refractivity contribution in [3.63, 3.8) is 0 Å². The molecule has 1 aromatic rings. The molecule has 0 aromatic heterocycles. The van der Waals surface area contributed by atoms with Gasteiger partial charge in [0.2, 0.25) is 0 Å². The SMILES string of the molecule is C=CC1(CCC(C)CC(C)CCC)CCc2c(C)c(O)c(C)c(C)c2O1. The molecule has 26 heavy (non-hydrogen) atoms. The highest BCUT2D eigenvalue weighted by molar-refractivity contribution is 5.58. The fourth-order valence-corrected chi connectivity index (χ4v) is 4.53. The standard InChI is InChI=1S/C24H38O2/c1-8-10-16(3)15-17(4)11-13-24(9-2)14-12-21-20(7)22(25)18(5)19(6)23(21)26-24/h9,16-17,25H,2,8,10-15H2,1,3-7H3. The van der Waals surface area contributed by atoms with E-state index in [1.807, 2.05) is 19.9 Å². The molecule has 0 saturated heterocycles. The molecule has 3 unspecified atom stereocenters. The van der Waals surface area contributed by atoms with Gasteiger partial charge in [-0.3, -0.25) is 0 Å². The van der Waals surface area contributed by atoms with E-state index >= 15 is 0 Å². The molecule has 0 saturated carbocycles. The van der Waals surface area contributed by atoms with E-state index in [9.17, 15) is 5.11 Å². The molecule has 0 bridgehead atoms. The molecule has 3 atom stereocenters. The van der Waals surface area contributed by atoms with Crippen molar-refractivity contribution in [2.24, 2.45) is 11.8 Å². The molecule has 0 spiro atoms. The van der Waals surface area contributed by atoms with Crippen LogP contribution >= 0.6 is 0 Å². The van der Waals surface area contributed by atoms with Crippen molar-refractivity contribution in [3.8, 4) is 11.5 Å². The molecule has 0 fully saturated rings. The Balaban J connectivity index is 2.14. The van der Waals surface area contributed by atoms with Crippen LogP contribution in [0.3, 0.4) is 0 Å². The van der Waals surface area contributed by atoms with Crippen molar-refractivity contribution in [1.29, 1.82) is 0 Å². The van der Waals surface area contributed by atoms with Crippen LogP contribution in [0.1, 0.15) is 81.5 Å². The van der Waals surface area contributed by atoms with Gasteiger partial charge in [0.1, 0.15) is 17.1 Å². The zero-order valence-corrected chi connectivity index (χ0v) is 17.7. The molecule has 0 aliphatic carbocycles. The van der Waals surface area contributed by atoms with Gasteiger partial charge in [-0.25, -0.2) is 0 Å². The van der Waals surface area contributed by atoms with E-state index in [0.717, 1.165) is 47.6 Å². The number of rotatable bonds is 8. The van der Waals surface area contributed by atoms with E-state index in [1.165, 1.54) is 31.2 Å². The minimum absolute atomic E-state index is 0.268. The first kappa shape index (κ1) is 20.9. The van der Waals surface area contributed by atoms with Gasteiger partial charge in [-0.05, 0) is 87.5 Å². The van der Waals surface area contributed by atoms with Crippen LogP contribution in [-0.2, 0) is 6.42 Å². The number of benzene rings is 1. The van der Waals surface area contributed by atoms with Crippen molar-refractivity contribution in [1.82, 2.24) is 0 Å². The number of aromatic hydroxyl groups is 1. The average molecular weight is 359 g/mol. The van der Waals surface area contributed by atoms with E-state index in [-0.39, 0.29) is 5.60 Å². The first-order chi connectivity index (χ1) is 12.2. The van der Waals surface area contributed by atoms with Crippen LogP contribution < -0.4 is 4.74 Å². The molecule has 0 radical (unpaired) electrons. The fraction of sp³-hybridized carbons (Fsp3) is 0.667. The van der Waals surface area contributed by atoms with E-state index in [2.05, 4.69) is 34.3 Å². The lowest BCUT2D eigenvalue weighted by atomic mass is 9.81. The van der Waals surface area contributed by atoms with Crippen molar-refractivity contribution in [3.05, 3.63) is 34.9 Å². The maximum atomic E-state index is 10.4. The van der Waals surface area contributed by atoms with Crippen LogP contribution in [0.25, 0.3) is 0 Å². The van der Waals surface area contributed by atoms with Gasteiger partial charge in [-0.2, -0.15) is 0 Å². The number of phenols is 1. The third-order valence-electron chi connectivity index (χ3n) is 6.46. The van der Waals surface area contributed by atoms with Gasteiger partial charge in [0.05, 0.1) is 0 Å². The Labute approximate surface area is 160 Å². The molecule has 1 aliphatic rings. The van der Waals surface area contributed by atoms with Gasteiger partial charge in [-0.15, -0.1) is 0 Å². The van der Waals surface area contributed by atoms with Gasteiger partial charge in [0, 0.05) is 5.56 Å². The monoisotopic (exact) mass is 358 g/mol. The van der Waals surface area contributed by atoms with Gasteiger partial charge in [0.25, 0.3) is 0 Å². The van der Waals surface area contributed by atoms with Crippen LogP contribution in [0.2, 0.25) is 0 Å². The van der Waals surface area contributed by atoms with Gasteiger partial charge >= 0.3 is 0 Å². The second kappa shape index (κ2) is 8.50. The van der Waals surface area contributed by atoms with E-state index < -0.39 is 0 Å². The Kier molecular flexibility index (Phi) is 6.82. The summed E-state index contributed by atoms with van der Waals surface area (Å²) >= 11 is 0. The smallest absolute Gasteiger partial charge is 0.127 e. The maximum absolute atomic E-state index is 10.4. The third-order valence-corrected chi connectivity index (χ3v) is 6.46. The summed E-state index contributed by atoms with van der Waals surface area (Å²) in [5.41, 5.74) is 3.88. The number of hydrogen-bond acceptors (Lipinski definition) is 2. The van der Waals surface area contributed by atoms with E-state index in [0.29, 0.717) is 11.7 Å². The molecule has 2 rings (SSSR count). The van der Waals surface area contributed by atoms with Crippen LogP contribution in [0.15, 0.2) is 12.7 Å². The van der Waals surface area contributed by atoms with Crippen molar-refractivity contribution < 1.29 is 9.84 Å². The number of hydrogen-bond donors (Lipinski definition) is 1. The molecule has 2 nitrogen and oxygen atoms in total. The second-order valence-electron chi connectivity index (χ2n) is 8.68. The first-order valence-electron chi connectivity index (χ1n) is 10.4. The summed E-state index contributed by atoms with van der Waals surface area (Å²) in [6.45, 7) is 17.2. The lowest BCUT2D eigenvalue weighted by Gasteiger charge is -2.39. The average Bonchev–Trinajstić information content (AvgIpc) is 2.63. The summed E-state index contributed by atoms with van der Waals surface area (Å²) in [5, 5.41) is 10.4. The number of ether oxygens (including phenoxy) is 1. The van der Waals surface area contributed by atoms with Crippen LogP contribution in [0, 0.1) is 32.6 Å². The van der Waals surface area contributed by atoms with E-state index in [4.69, 9.17) is 4.74 Å². The normalized spacial score (nSPS) is 21.6. The Morgan fingerprint density at radius 3 is 2.38 bits per heavy atom. The van der Waals surface area contributed by atoms with Crippen molar-refractivity contribution in [2.45, 2.75) is 92.1 Å². The van der Waals surface area contributed by atoms with E-state index in [1.54, 1.807) is 0 Å². The summed E-state index contributed by atoms with van der Waals surface area (Å²) in [6, 6.07) is 0. The molecule has 1 N–H and O–H groups in total. The van der Waals surface area contributed by atoms with Crippen LogP contribution in [0.4, 0.5) is 0 Å². The van der Waals surface area contributed by atoms with Gasteiger partial charge in [-0.1, -0.05) is 40.2 Å². The quantitative estimate of drug-likeness (QED) is 0.517. The molecule has 1 heterocycles. The van der Waals surface area contributed by atoms with Gasteiger partial charge < -0.3 is 9.84 Å². The molecule has 2 heteroatoms. The lowest BCUT2D eigenvalue weighted by molar-refractivity contribution is 0.0763. The van der Waals surface area contributed by atoms with Crippen molar-refractivity contribution >= 4 is 0 Å². The lowest BCUT2D eigenvalue weighted by Crippen LogP contribution is -2.38. The topological polar surface area (TPSA) is 29.5 Å². The Bertz CT molecular complexity index is 646. The number of phenolic OH excluding ortho intramolecular Hbond substituents is 1. The summed E-state index contributed by atoms with van der Waals surface area (Å²) in [5.74, 6) is 2.92. The van der Waals surface area contributed by atoms with Crippen LogP contribution in [-0.4, -0.2) is 10.7 Å². The Hall–Kier alpha value is -1.44. The zero-order chi connectivity index (χ0) is 19.5. The van der Waals surface area contributed by atoms with Crippen molar-refractivity contribution in [2.75, 3.05) is 0 Å². The summed E-state index contributed by atoms with van der Waals surface area (Å²) < 4.78 is 6.59. The highest BCUT2D eigenvalue weighted by atomic mass is 16.5. The highest BCUT2D eigenvalue weighted by Crippen LogP contribution is 2.45. The Morgan fingerprint density at radius 1 is 1.12 bits per heavy atom. The molecule has 1 aliphatic heterocycles. The van der Waals surface area contributed by atoms with Crippen LogP contribution in [0.5, 0.6) is 11.5 Å². The largest absolute Gasteiger partial charge is 0.507 e.